The van der Waals surface area contributed by atoms with E-state index in [-0.39, 0.29) is 10.5 Å². The molecule has 5 heteroatoms. The van der Waals surface area contributed by atoms with Crippen molar-refractivity contribution in [2.24, 2.45) is 0 Å². The molecule has 2 fully saturated rings. The average Bonchev–Trinajstić information content (AvgIpc) is 2.65. The maximum atomic E-state index is 12.2. The third-order valence-corrected chi connectivity index (χ3v) is 7.38. The molecular formula is C16H22O4S. The highest BCUT2D eigenvalue weighted by molar-refractivity contribution is 7.93. The van der Waals surface area contributed by atoms with Gasteiger partial charge in [-0.25, -0.2) is 8.42 Å². The Morgan fingerprint density at radius 2 is 1.95 bits per heavy atom. The number of sulfone groups is 1. The summed E-state index contributed by atoms with van der Waals surface area (Å²) in [7, 11) is -3.02. The first kappa shape index (κ1) is 14.9. The molecule has 21 heavy (non-hydrogen) atoms. The van der Waals surface area contributed by atoms with Crippen LogP contribution in [-0.4, -0.2) is 30.6 Å². The molecule has 0 radical (unpaired) electrons. The van der Waals surface area contributed by atoms with Gasteiger partial charge in [0.05, 0.1) is 22.7 Å². The Morgan fingerprint density at radius 3 is 2.57 bits per heavy atom. The minimum atomic E-state index is -3.02. The molecule has 2 saturated heterocycles. The second kappa shape index (κ2) is 5.29. The van der Waals surface area contributed by atoms with Gasteiger partial charge in [0.2, 0.25) is 0 Å². The van der Waals surface area contributed by atoms with E-state index in [4.69, 9.17) is 4.74 Å². The Hall–Kier alpha value is -1.07. The van der Waals surface area contributed by atoms with E-state index in [2.05, 4.69) is 0 Å². The second-order valence-corrected chi connectivity index (χ2v) is 8.74. The summed E-state index contributed by atoms with van der Waals surface area (Å²) in [6.45, 7) is 2.68. The second-order valence-electron chi connectivity index (χ2n) is 6.23. The summed E-state index contributed by atoms with van der Waals surface area (Å²) in [6, 6.07) is 7.46. The number of hydrogen-bond donors (Lipinski definition) is 1. The molecule has 2 aliphatic rings. The van der Waals surface area contributed by atoms with Crippen molar-refractivity contribution in [3.05, 3.63) is 29.8 Å². The molecule has 0 saturated carbocycles. The van der Waals surface area contributed by atoms with Crippen molar-refractivity contribution in [3.63, 3.8) is 0 Å². The lowest BCUT2D eigenvalue weighted by molar-refractivity contribution is 0.0171. The smallest absolute Gasteiger partial charge is 0.156 e. The summed E-state index contributed by atoms with van der Waals surface area (Å²) in [4.78, 5) is 0. The van der Waals surface area contributed by atoms with Crippen molar-refractivity contribution in [1.29, 1.82) is 0 Å². The van der Waals surface area contributed by atoms with E-state index in [0.717, 1.165) is 17.7 Å². The van der Waals surface area contributed by atoms with Gasteiger partial charge in [0.15, 0.2) is 9.84 Å². The molecule has 2 unspecified atom stereocenters. The molecule has 2 heterocycles. The number of fused-ring (bicyclic) bond motifs is 2. The third-order valence-electron chi connectivity index (χ3n) is 4.71. The fourth-order valence-electron chi connectivity index (χ4n) is 3.58. The SMILES string of the molecule is CCCOc1cccc(C2(O)CC3CCC(C2)S3(=O)=O)c1. The fraction of sp³-hybridized carbons (Fsp3) is 0.625. The molecule has 4 nitrogen and oxygen atoms in total. The lowest BCUT2D eigenvalue weighted by Gasteiger charge is -2.36. The topological polar surface area (TPSA) is 63.6 Å². The van der Waals surface area contributed by atoms with Gasteiger partial charge in [-0.1, -0.05) is 19.1 Å². The lowest BCUT2D eigenvalue weighted by Crippen LogP contribution is -2.43. The standard InChI is InChI=1S/C16H22O4S/c1-2-8-20-13-5-3-4-12(9-13)16(17)10-14-6-7-15(11-16)21(14,18)19/h3-5,9,14-15,17H,2,6-8,10-11H2,1H3. The van der Waals surface area contributed by atoms with E-state index in [0.29, 0.717) is 32.3 Å². The van der Waals surface area contributed by atoms with E-state index < -0.39 is 15.4 Å². The van der Waals surface area contributed by atoms with Crippen LogP contribution in [0.15, 0.2) is 24.3 Å². The minimum absolute atomic E-state index is 0.309. The summed E-state index contributed by atoms with van der Waals surface area (Å²) >= 11 is 0. The molecule has 2 bridgehead atoms. The van der Waals surface area contributed by atoms with Crippen LogP contribution in [0.4, 0.5) is 0 Å². The highest BCUT2D eigenvalue weighted by Gasteiger charge is 2.53. The van der Waals surface area contributed by atoms with Crippen LogP contribution in [0, 0.1) is 0 Å². The normalized spacial score (nSPS) is 33.8. The van der Waals surface area contributed by atoms with Crippen LogP contribution in [0.25, 0.3) is 0 Å². The average molecular weight is 310 g/mol. The van der Waals surface area contributed by atoms with Gasteiger partial charge < -0.3 is 9.84 Å². The van der Waals surface area contributed by atoms with Crippen LogP contribution < -0.4 is 4.74 Å². The van der Waals surface area contributed by atoms with Gasteiger partial charge >= 0.3 is 0 Å². The minimum Gasteiger partial charge on any atom is -0.494 e. The molecule has 0 aromatic heterocycles. The van der Waals surface area contributed by atoms with Crippen molar-refractivity contribution in [2.45, 2.75) is 55.1 Å². The van der Waals surface area contributed by atoms with Crippen molar-refractivity contribution >= 4 is 9.84 Å². The predicted molar refractivity (Wildman–Crippen MR) is 81.1 cm³/mol. The van der Waals surface area contributed by atoms with Crippen LogP contribution >= 0.6 is 0 Å². The Bertz CT molecular complexity index is 603. The van der Waals surface area contributed by atoms with Crippen molar-refractivity contribution in [1.82, 2.24) is 0 Å². The molecule has 0 amide bonds. The van der Waals surface area contributed by atoms with Gasteiger partial charge in [-0.05, 0) is 49.8 Å². The molecule has 1 aromatic carbocycles. The summed E-state index contributed by atoms with van der Waals surface area (Å²) in [5.41, 5.74) is -0.258. The van der Waals surface area contributed by atoms with Crippen molar-refractivity contribution < 1.29 is 18.3 Å². The van der Waals surface area contributed by atoms with Gasteiger partial charge in [-0.2, -0.15) is 0 Å². The molecule has 116 valence electrons. The summed E-state index contributed by atoms with van der Waals surface area (Å²) in [6.07, 6.45) is 2.91. The highest BCUT2D eigenvalue weighted by Crippen LogP contribution is 2.47. The quantitative estimate of drug-likeness (QED) is 0.927. The first-order chi connectivity index (χ1) is 9.95. The summed E-state index contributed by atoms with van der Waals surface area (Å²) in [5, 5.41) is 10.2. The summed E-state index contributed by atoms with van der Waals surface area (Å²) in [5.74, 6) is 0.739. The summed E-state index contributed by atoms with van der Waals surface area (Å²) < 4.78 is 29.9. The van der Waals surface area contributed by atoms with Crippen molar-refractivity contribution in [3.8, 4) is 5.75 Å². The van der Waals surface area contributed by atoms with Crippen LogP contribution in [0.1, 0.15) is 44.6 Å². The maximum absolute atomic E-state index is 12.2. The number of ether oxygens (including phenoxy) is 1. The zero-order valence-electron chi connectivity index (χ0n) is 12.3. The number of aliphatic hydroxyl groups is 1. The predicted octanol–water partition coefficient (Wildman–Crippen LogP) is 2.40. The van der Waals surface area contributed by atoms with Gasteiger partial charge in [0, 0.05) is 0 Å². The van der Waals surface area contributed by atoms with Gasteiger partial charge in [0.1, 0.15) is 5.75 Å². The Morgan fingerprint density at radius 1 is 1.29 bits per heavy atom. The fourth-order valence-corrected chi connectivity index (χ4v) is 6.07. The first-order valence-electron chi connectivity index (χ1n) is 7.64. The Kier molecular flexibility index (Phi) is 3.74. The maximum Gasteiger partial charge on any atom is 0.156 e. The largest absolute Gasteiger partial charge is 0.494 e. The third kappa shape index (κ3) is 2.57. The highest BCUT2D eigenvalue weighted by atomic mass is 32.2. The number of benzene rings is 1. The zero-order chi connectivity index (χ0) is 15.1. The molecule has 1 N–H and O–H groups in total. The monoisotopic (exact) mass is 310 g/mol. The number of hydrogen-bond acceptors (Lipinski definition) is 4. The molecule has 1 aromatic rings. The van der Waals surface area contributed by atoms with Crippen LogP contribution in [0.5, 0.6) is 5.75 Å². The van der Waals surface area contributed by atoms with Gasteiger partial charge in [-0.3, -0.25) is 0 Å². The molecule has 2 atom stereocenters. The molecule has 2 aliphatic heterocycles. The molecule has 0 spiro atoms. The van der Waals surface area contributed by atoms with E-state index >= 15 is 0 Å². The van der Waals surface area contributed by atoms with Crippen molar-refractivity contribution in [2.75, 3.05) is 6.61 Å². The van der Waals surface area contributed by atoms with Gasteiger partial charge in [0.25, 0.3) is 0 Å². The molecular weight excluding hydrogens is 288 g/mol. The zero-order valence-corrected chi connectivity index (χ0v) is 13.1. The molecule has 3 rings (SSSR count). The Labute approximate surface area is 126 Å². The lowest BCUT2D eigenvalue weighted by atomic mass is 9.86. The van der Waals surface area contributed by atoms with E-state index in [1.54, 1.807) is 0 Å². The Balaban J connectivity index is 1.87. The van der Waals surface area contributed by atoms with Gasteiger partial charge in [-0.15, -0.1) is 0 Å². The van der Waals surface area contributed by atoms with Crippen LogP contribution in [-0.2, 0) is 15.4 Å². The van der Waals surface area contributed by atoms with E-state index in [9.17, 15) is 13.5 Å². The number of rotatable bonds is 4. The van der Waals surface area contributed by atoms with Crippen LogP contribution in [0.2, 0.25) is 0 Å². The van der Waals surface area contributed by atoms with E-state index in [1.165, 1.54) is 0 Å². The van der Waals surface area contributed by atoms with Crippen LogP contribution in [0.3, 0.4) is 0 Å². The first-order valence-corrected chi connectivity index (χ1v) is 9.25. The van der Waals surface area contributed by atoms with E-state index in [1.807, 2.05) is 31.2 Å². The molecule has 0 aliphatic carbocycles.